The minimum Gasteiger partial charge on any atom is -0.455 e. The summed E-state index contributed by atoms with van der Waals surface area (Å²) in [6, 6.07) is 85.7. The monoisotopic (exact) mass is 841 g/mol. The molecular formula is C63H39NO2. The Morgan fingerprint density at radius 2 is 0.879 bits per heavy atom. The topological polar surface area (TPSA) is 29.5 Å². The van der Waals surface area contributed by atoms with E-state index in [1.54, 1.807) is 0 Å². The van der Waals surface area contributed by atoms with Gasteiger partial charge in [0, 0.05) is 43.6 Å². The van der Waals surface area contributed by atoms with E-state index in [-0.39, 0.29) is 0 Å². The van der Waals surface area contributed by atoms with Crippen molar-refractivity contribution < 1.29 is 8.83 Å². The molecule has 0 aliphatic heterocycles. The Balaban J connectivity index is 1.03. The van der Waals surface area contributed by atoms with Crippen LogP contribution in [0.1, 0.15) is 22.3 Å². The summed E-state index contributed by atoms with van der Waals surface area (Å²) in [7, 11) is 0. The zero-order chi connectivity index (χ0) is 43.3. The molecule has 3 nitrogen and oxygen atoms in total. The molecule has 1 aliphatic rings. The van der Waals surface area contributed by atoms with Gasteiger partial charge in [0.1, 0.15) is 16.7 Å². The molecule has 11 aromatic carbocycles. The SMILES string of the molecule is c1ccc(C2(c3ccccc3)c3ccccc3-c3c(N(c4ccc(-c5cccc6oc7c8ccccc8ccc7c56)cc4)c4cccc5c4oc4c6ccccc6ccc54)cccc32)cc1. The molecule has 0 bridgehead atoms. The Morgan fingerprint density at radius 3 is 1.62 bits per heavy atom. The van der Waals surface area contributed by atoms with Crippen LogP contribution in [0, 0.1) is 0 Å². The molecule has 0 saturated carbocycles. The maximum absolute atomic E-state index is 7.14. The van der Waals surface area contributed by atoms with Crippen molar-refractivity contribution in [2.45, 2.75) is 5.41 Å². The predicted molar refractivity (Wildman–Crippen MR) is 273 cm³/mol. The summed E-state index contributed by atoms with van der Waals surface area (Å²) in [5.74, 6) is 0. The van der Waals surface area contributed by atoms with Crippen molar-refractivity contribution in [3.8, 4) is 22.3 Å². The van der Waals surface area contributed by atoms with Crippen LogP contribution < -0.4 is 4.90 Å². The number of hydrogen-bond donors (Lipinski definition) is 0. The highest BCUT2D eigenvalue weighted by Gasteiger charge is 2.47. The number of furan rings is 2. The van der Waals surface area contributed by atoms with Crippen LogP contribution in [0.3, 0.4) is 0 Å². The molecule has 0 N–H and O–H groups in total. The van der Waals surface area contributed by atoms with Gasteiger partial charge in [-0.3, -0.25) is 0 Å². The van der Waals surface area contributed by atoms with Crippen LogP contribution in [0.25, 0.3) is 87.7 Å². The van der Waals surface area contributed by atoms with Crippen molar-refractivity contribution in [3.05, 3.63) is 259 Å². The molecule has 2 aromatic heterocycles. The summed E-state index contributed by atoms with van der Waals surface area (Å²) in [6.07, 6.45) is 0. The van der Waals surface area contributed by atoms with E-state index in [1.165, 1.54) is 38.8 Å². The van der Waals surface area contributed by atoms with Crippen molar-refractivity contribution in [2.75, 3.05) is 4.90 Å². The summed E-state index contributed by atoms with van der Waals surface area (Å²) in [4.78, 5) is 2.43. The minimum absolute atomic E-state index is 0.554. The van der Waals surface area contributed by atoms with E-state index in [4.69, 9.17) is 8.83 Å². The second-order valence-corrected chi connectivity index (χ2v) is 17.5. The van der Waals surface area contributed by atoms with Crippen LogP contribution in [-0.2, 0) is 5.41 Å². The molecule has 3 heteroatoms. The Kier molecular flexibility index (Phi) is 7.90. The lowest BCUT2D eigenvalue weighted by molar-refractivity contribution is 0.672. The van der Waals surface area contributed by atoms with E-state index < -0.39 is 5.41 Å². The first kappa shape index (κ1) is 36.8. The predicted octanol–water partition coefficient (Wildman–Crippen LogP) is 17.3. The normalized spacial score (nSPS) is 13.0. The summed E-state index contributed by atoms with van der Waals surface area (Å²) < 4.78 is 13.8. The second kappa shape index (κ2) is 14.2. The lowest BCUT2D eigenvalue weighted by atomic mass is 9.68. The summed E-state index contributed by atoms with van der Waals surface area (Å²) in [5.41, 5.74) is 15.7. The molecule has 13 aromatic rings. The second-order valence-electron chi connectivity index (χ2n) is 17.5. The van der Waals surface area contributed by atoms with Gasteiger partial charge in [0.15, 0.2) is 5.58 Å². The smallest absolute Gasteiger partial charge is 0.159 e. The molecule has 0 amide bonds. The quantitative estimate of drug-likeness (QED) is 0.167. The molecule has 0 radical (unpaired) electrons. The van der Waals surface area contributed by atoms with Crippen molar-refractivity contribution in [2.24, 2.45) is 0 Å². The highest BCUT2D eigenvalue weighted by atomic mass is 16.3. The van der Waals surface area contributed by atoms with Gasteiger partial charge in [-0.1, -0.05) is 194 Å². The highest BCUT2D eigenvalue weighted by Crippen LogP contribution is 2.60. The average molecular weight is 842 g/mol. The van der Waals surface area contributed by atoms with Gasteiger partial charge < -0.3 is 13.7 Å². The van der Waals surface area contributed by atoms with Crippen molar-refractivity contribution in [1.29, 1.82) is 0 Å². The Hall–Kier alpha value is -8.66. The zero-order valence-electron chi connectivity index (χ0n) is 35.8. The van der Waals surface area contributed by atoms with Crippen LogP contribution >= 0.6 is 0 Å². The number of anilines is 3. The number of rotatable bonds is 6. The fraction of sp³-hybridized carbons (Fsp3) is 0.0159. The van der Waals surface area contributed by atoms with Crippen LogP contribution in [0.5, 0.6) is 0 Å². The van der Waals surface area contributed by atoms with Gasteiger partial charge in [-0.05, 0) is 92.2 Å². The van der Waals surface area contributed by atoms with Crippen LogP contribution in [-0.4, -0.2) is 0 Å². The third-order valence-electron chi connectivity index (χ3n) is 14.1. The number of fused-ring (bicyclic) bond motifs is 13. The Labute approximate surface area is 381 Å². The van der Waals surface area contributed by atoms with E-state index in [1.807, 2.05) is 0 Å². The van der Waals surface area contributed by atoms with E-state index in [0.29, 0.717) is 0 Å². The molecule has 0 saturated heterocycles. The van der Waals surface area contributed by atoms with E-state index in [9.17, 15) is 0 Å². The third-order valence-corrected chi connectivity index (χ3v) is 14.1. The minimum atomic E-state index is -0.554. The first-order chi connectivity index (χ1) is 32.8. The molecule has 0 spiro atoms. The van der Waals surface area contributed by atoms with Crippen molar-refractivity contribution >= 4 is 82.5 Å². The zero-order valence-corrected chi connectivity index (χ0v) is 35.8. The molecule has 0 atom stereocenters. The van der Waals surface area contributed by atoms with Crippen LogP contribution in [0.2, 0.25) is 0 Å². The van der Waals surface area contributed by atoms with Gasteiger partial charge in [-0.2, -0.15) is 0 Å². The van der Waals surface area contributed by atoms with Gasteiger partial charge in [-0.15, -0.1) is 0 Å². The fourth-order valence-corrected chi connectivity index (χ4v) is 11.3. The lowest BCUT2D eigenvalue weighted by Crippen LogP contribution is -2.28. The Morgan fingerprint density at radius 1 is 0.333 bits per heavy atom. The molecular weight excluding hydrogens is 803 g/mol. The van der Waals surface area contributed by atoms with Gasteiger partial charge in [0.05, 0.1) is 16.8 Å². The van der Waals surface area contributed by atoms with Crippen molar-refractivity contribution in [3.63, 3.8) is 0 Å². The van der Waals surface area contributed by atoms with Crippen LogP contribution in [0.15, 0.2) is 245 Å². The van der Waals surface area contributed by atoms with Crippen LogP contribution in [0.4, 0.5) is 17.1 Å². The number of benzene rings is 11. The van der Waals surface area contributed by atoms with E-state index >= 15 is 0 Å². The number of hydrogen-bond acceptors (Lipinski definition) is 3. The fourth-order valence-electron chi connectivity index (χ4n) is 11.3. The number of para-hydroxylation sites is 1. The molecule has 14 rings (SSSR count). The molecule has 1 aliphatic carbocycles. The summed E-state index contributed by atoms with van der Waals surface area (Å²) in [6.45, 7) is 0. The maximum atomic E-state index is 7.14. The maximum Gasteiger partial charge on any atom is 0.159 e. The first-order valence-electron chi connectivity index (χ1n) is 22.7. The molecule has 308 valence electrons. The van der Waals surface area contributed by atoms with Crippen molar-refractivity contribution in [1.82, 2.24) is 0 Å². The van der Waals surface area contributed by atoms with E-state index in [2.05, 4.69) is 241 Å². The average Bonchev–Trinajstić information content (AvgIpc) is 4.07. The lowest BCUT2D eigenvalue weighted by Gasteiger charge is -2.34. The summed E-state index contributed by atoms with van der Waals surface area (Å²) >= 11 is 0. The standard InChI is InChI=1S/C63H39NO2/c1-3-18-43(19-4-1)63(44-20-5-2-6-21-44)53-27-12-11-24-51(53)59-54(63)28-15-29-55(59)64(56-30-13-26-49-50-38-34-40-16-7-9-22-47(40)60(50)66-62(49)56)45-36-32-42(33-37-45)46-25-14-31-57-58(46)52-39-35-41-17-8-10-23-48(41)61(52)65-57/h1-39H. The molecule has 0 fully saturated rings. The molecule has 2 heterocycles. The third kappa shape index (κ3) is 5.14. The Bertz CT molecular complexity index is 4010. The van der Waals surface area contributed by atoms with Gasteiger partial charge in [0.2, 0.25) is 0 Å². The highest BCUT2D eigenvalue weighted by molar-refractivity contribution is 6.20. The first-order valence-corrected chi connectivity index (χ1v) is 22.7. The largest absolute Gasteiger partial charge is 0.455 e. The van der Waals surface area contributed by atoms with E-state index in [0.717, 1.165) is 88.2 Å². The molecule has 66 heavy (non-hydrogen) atoms. The summed E-state index contributed by atoms with van der Waals surface area (Å²) in [5, 5.41) is 8.97. The number of nitrogens with zero attached hydrogens (tertiary/aromatic N) is 1. The van der Waals surface area contributed by atoms with Gasteiger partial charge >= 0.3 is 0 Å². The van der Waals surface area contributed by atoms with Gasteiger partial charge in [-0.25, -0.2) is 0 Å². The molecule has 0 unspecified atom stereocenters. The van der Waals surface area contributed by atoms with Gasteiger partial charge in [0.25, 0.3) is 0 Å².